The van der Waals surface area contributed by atoms with Crippen molar-refractivity contribution >= 4 is 71.6 Å². The van der Waals surface area contributed by atoms with Crippen LogP contribution in [0.25, 0.3) is 71.3 Å². The highest BCUT2D eigenvalue weighted by atomic mass is 16.3. The highest BCUT2D eigenvalue weighted by Gasteiger charge is 2.21. The predicted octanol–water partition coefficient (Wildman–Crippen LogP) is 13.0. The van der Waals surface area contributed by atoms with Crippen molar-refractivity contribution in [1.82, 2.24) is 4.57 Å². The van der Waals surface area contributed by atoms with Gasteiger partial charge in [0, 0.05) is 32.9 Å². The van der Waals surface area contributed by atoms with Crippen LogP contribution in [0.4, 0.5) is 17.1 Å². The third-order valence-corrected chi connectivity index (χ3v) is 9.77. The summed E-state index contributed by atoms with van der Waals surface area (Å²) in [4.78, 5) is 2.38. The first-order chi connectivity index (χ1) is 24.3. The molecule has 0 amide bonds. The largest absolute Gasteiger partial charge is 0.456 e. The van der Waals surface area contributed by atoms with Crippen molar-refractivity contribution in [2.24, 2.45) is 0 Å². The van der Waals surface area contributed by atoms with Crippen LogP contribution >= 0.6 is 0 Å². The molecule has 0 aliphatic carbocycles. The molecule has 3 nitrogen and oxygen atoms in total. The maximum absolute atomic E-state index is 6.35. The Hall–Kier alpha value is -6.58. The molecule has 10 aromatic rings. The lowest BCUT2D eigenvalue weighted by Crippen LogP contribution is -2.10. The van der Waals surface area contributed by atoms with Crippen molar-refractivity contribution in [3.05, 3.63) is 182 Å². The zero-order valence-electron chi connectivity index (χ0n) is 26.6. The average Bonchev–Trinajstić information content (AvgIpc) is 3.72. The van der Waals surface area contributed by atoms with Gasteiger partial charge in [0.25, 0.3) is 0 Å². The number of hydrogen-bond acceptors (Lipinski definition) is 2. The van der Waals surface area contributed by atoms with Crippen molar-refractivity contribution in [3.63, 3.8) is 0 Å². The minimum absolute atomic E-state index is 0.878. The Labute approximate surface area is 283 Å². The Morgan fingerprint density at radius 2 is 1.04 bits per heavy atom. The molecule has 0 aliphatic heterocycles. The molecule has 0 N–H and O–H groups in total. The highest BCUT2D eigenvalue weighted by molar-refractivity contribution is 6.15. The van der Waals surface area contributed by atoms with Crippen LogP contribution in [-0.2, 0) is 0 Å². The first-order valence-corrected chi connectivity index (χ1v) is 16.7. The van der Waals surface area contributed by atoms with Crippen LogP contribution in [0.1, 0.15) is 0 Å². The minimum atomic E-state index is 0.878. The van der Waals surface area contributed by atoms with E-state index in [1.807, 2.05) is 12.1 Å². The van der Waals surface area contributed by atoms with E-state index in [1.54, 1.807) is 0 Å². The monoisotopic (exact) mass is 626 g/mol. The van der Waals surface area contributed by atoms with Gasteiger partial charge in [-0.05, 0) is 83.2 Å². The molecule has 0 bridgehead atoms. The van der Waals surface area contributed by atoms with Gasteiger partial charge in [0.15, 0.2) is 0 Å². The summed E-state index contributed by atoms with van der Waals surface area (Å²) in [5, 5.41) is 7.11. The van der Waals surface area contributed by atoms with E-state index < -0.39 is 0 Å². The molecule has 0 aliphatic rings. The van der Waals surface area contributed by atoms with E-state index in [-0.39, 0.29) is 0 Å². The van der Waals surface area contributed by atoms with Crippen molar-refractivity contribution in [1.29, 1.82) is 0 Å². The number of fused-ring (bicyclic) bond motifs is 7. The molecular formula is C46H30N2O. The molecule has 0 saturated carbocycles. The van der Waals surface area contributed by atoms with Crippen molar-refractivity contribution in [2.75, 3.05) is 4.90 Å². The molecule has 0 unspecified atom stereocenters. The Morgan fingerprint density at radius 3 is 1.92 bits per heavy atom. The number of para-hydroxylation sites is 3. The first kappa shape index (κ1) is 27.5. The van der Waals surface area contributed by atoms with E-state index >= 15 is 0 Å². The number of aromatic nitrogens is 1. The fraction of sp³-hybridized carbons (Fsp3) is 0. The van der Waals surface area contributed by atoms with Crippen molar-refractivity contribution < 1.29 is 4.42 Å². The van der Waals surface area contributed by atoms with Gasteiger partial charge in [0.1, 0.15) is 11.2 Å². The van der Waals surface area contributed by atoms with Crippen LogP contribution in [0, 0.1) is 0 Å². The van der Waals surface area contributed by atoms with Crippen molar-refractivity contribution in [3.8, 4) is 16.8 Å². The second kappa shape index (κ2) is 11.0. The molecule has 3 heteroatoms. The molecule has 0 radical (unpaired) electrons. The molecule has 0 saturated heterocycles. The minimum Gasteiger partial charge on any atom is -0.456 e. The number of nitrogens with zero attached hydrogens (tertiary/aromatic N) is 2. The topological polar surface area (TPSA) is 21.3 Å². The lowest BCUT2D eigenvalue weighted by molar-refractivity contribution is 0.669. The fourth-order valence-corrected chi connectivity index (χ4v) is 7.56. The molecule has 0 spiro atoms. The van der Waals surface area contributed by atoms with Gasteiger partial charge < -0.3 is 13.9 Å². The normalized spacial score (nSPS) is 11.7. The van der Waals surface area contributed by atoms with Gasteiger partial charge in [-0.3, -0.25) is 0 Å². The third kappa shape index (κ3) is 4.37. The summed E-state index contributed by atoms with van der Waals surface area (Å²) >= 11 is 0. The lowest BCUT2D eigenvalue weighted by Gasteiger charge is -2.27. The van der Waals surface area contributed by atoms with Gasteiger partial charge in [0.2, 0.25) is 0 Å². The molecule has 8 aromatic carbocycles. The molecule has 230 valence electrons. The predicted molar refractivity (Wildman–Crippen MR) is 206 cm³/mol. The maximum atomic E-state index is 6.35. The number of anilines is 3. The van der Waals surface area contributed by atoms with Gasteiger partial charge in [-0.2, -0.15) is 0 Å². The Morgan fingerprint density at radius 1 is 0.408 bits per heavy atom. The summed E-state index contributed by atoms with van der Waals surface area (Å²) in [7, 11) is 0. The van der Waals surface area contributed by atoms with E-state index in [1.165, 1.54) is 49.4 Å². The van der Waals surface area contributed by atoms with E-state index in [2.05, 4.69) is 179 Å². The molecular weight excluding hydrogens is 597 g/mol. The number of hydrogen-bond donors (Lipinski definition) is 0. The van der Waals surface area contributed by atoms with Crippen LogP contribution in [0.2, 0.25) is 0 Å². The quantitative estimate of drug-likeness (QED) is 0.190. The van der Waals surface area contributed by atoms with E-state index in [9.17, 15) is 0 Å². The van der Waals surface area contributed by atoms with Crippen LogP contribution in [0.5, 0.6) is 0 Å². The summed E-state index contributed by atoms with van der Waals surface area (Å²) in [6.45, 7) is 0. The SMILES string of the molecule is c1ccc(-n2c3ccccc3c3cc(-c4ccc(N(c5cccc6ccccc56)c5cccc6oc7ccccc7c56)cc4)ccc32)cc1. The summed E-state index contributed by atoms with van der Waals surface area (Å²) in [6, 6.07) is 65.0. The van der Waals surface area contributed by atoms with E-state index in [0.717, 1.165) is 39.0 Å². The lowest BCUT2D eigenvalue weighted by atomic mass is 10.0. The van der Waals surface area contributed by atoms with Gasteiger partial charge in [-0.1, -0.05) is 115 Å². The van der Waals surface area contributed by atoms with Crippen molar-refractivity contribution in [2.45, 2.75) is 0 Å². The van der Waals surface area contributed by atoms with Crippen LogP contribution in [-0.4, -0.2) is 4.57 Å². The molecule has 0 atom stereocenters. The second-order valence-corrected chi connectivity index (χ2v) is 12.5. The average molecular weight is 627 g/mol. The second-order valence-electron chi connectivity index (χ2n) is 12.5. The molecule has 2 aromatic heterocycles. The van der Waals surface area contributed by atoms with Crippen LogP contribution in [0.3, 0.4) is 0 Å². The summed E-state index contributed by atoms with van der Waals surface area (Å²) in [6.07, 6.45) is 0. The van der Waals surface area contributed by atoms with Gasteiger partial charge >= 0.3 is 0 Å². The summed E-state index contributed by atoms with van der Waals surface area (Å²) < 4.78 is 8.71. The van der Waals surface area contributed by atoms with Crippen LogP contribution in [0.15, 0.2) is 186 Å². The van der Waals surface area contributed by atoms with Crippen LogP contribution < -0.4 is 4.90 Å². The van der Waals surface area contributed by atoms with Gasteiger partial charge in [-0.15, -0.1) is 0 Å². The number of benzene rings is 8. The summed E-state index contributed by atoms with van der Waals surface area (Å²) in [5.74, 6) is 0. The summed E-state index contributed by atoms with van der Waals surface area (Å²) in [5.41, 5.74) is 11.0. The third-order valence-electron chi connectivity index (χ3n) is 9.77. The van der Waals surface area contributed by atoms with Gasteiger partial charge in [0.05, 0.1) is 27.8 Å². The molecule has 0 fully saturated rings. The zero-order chi connectivity index (χ0) is 32.3. The van der Waals surface area contributed by atoms with E-state index in [4.69, 9.17) is 4.42 Å². The first-order valence-electron chi connectivity index (χ1n) is 16.7. The standard InChI is InChI=1S/C46H30N2O/c1-2-14-34(15-3-1)47-41-19-8-6-17-37(41)39-30-33(26-29-42(39)47)31-24-27-35(28-25-31)48(40-20-10-13-32-12-4-5-16-36(32)40)43-21-11-23-45-46(43)38-18-7-9-22-44(38)49-45/h1-30H. The van der Waals surface area contributed by atoms with E-state index in [0.29, 0.717) is 0 Å². The zero-order valence-corrected chi connectivity index (χ0v) is 26.6. The maximum Gasteiger partial charge on any atom is 0.137 e. The molecule has 2 heterocycles. The Balaban J connectivity index is 1.14. The van der Waals surface area contributed by atoms with Gasteiger partial charge in [-0.25, -0.2) is 0 Å². The highest BCUT2D eigenvalue weighted by Crippen LogP contribution is 2.45. The molecule has 10 rings (SSSR count). The fourth-order valence-electron chi connectivity index (χ4n) is 7.56. The number of furan rings is 1. The Kier molecular flexibility index (Phi) is 6.18. The number of rotatable bonds is 5. The Bertz CT molecular complexity index is 2820. The smallest absolute Gasteiger partial charge is 0.137 e. The molecule has 49 heavy (non-hydrogen) atoms.